The number of aromatic nitrogens is 1. The van der Waals surface area contributed by atoms with Crippen molar-refractivity contribution in [3.63, 3.8) is 0 Å². The number of ketones is 1. The van der Waals surface area contributed by atoms with Gasteiger partial charge in [-0.25, -0.2) is 9.78 Å². The Labute approximate surface area is 252 Å². The molecule has 12 heteroatoms. The first-order chi connectivity index (χ1) is 20.8. The van der Waals surface area contributed by atoms with Crippen molar-refractivity contribution in [3.05, 3.63) is 63.7 Å². The molecule has 3 aromatic rings. The Balaban J connectivity index is 1.69. The topological polar surface area (TPSA) is 134 Å². The summed E-state index contributed by atoms with van der Waals surface area (Å²) in [5.41, 5.74) is 0.931. The van der Waals surface area contributed by atoms with Gasteiger partial charge in [0, 0.05) is 5.56 Å². The van der Waals surface area contributed by atoms with Gasteiger partial charge >= 0.3 is 11.9 Å². The lowest BCUT2D eigenvalue weighted by Gasteiger charge is -2.24. The number of thiazole rings is 1. The van der Waals surface area contributed by atoms with Gasteiger partial charge in [-0.1, -0.05) is 24.3 Å². The molecule has 2 aliphatic rings. The average molecular weight is 609 g/mol. The van der Waals surface area contributed by atoms with Crippen LogP contribution in [0.25, 0.3) is 5.76 Å². The van der Waals surface area contributed by atoms with Crippen LogP contribution in [-0.2, 0) is 14.3 Å². The normalized spacial score (nSPS) is 17.2. The number of carbonyl (C=O) groups is 3. The molecule has 11 nitrogen and oxygen atoms in total. The Bertz CT molecular complexity index is 1600. The lowest BCUT2D eigenvalue weighted by Crippen LogP contribution is -2.29. The zero-order chi connectivity index (χ0) is 30.7. The maximum absolute atomic E-state index is 13.7. The van der Waals surface area contributed by atoms with E-state index in [1.54, 1.807) is 50.2 Å². The molecule has 3 heterocycles. The van der Waals surface area contributed by atoms with Gasteiger partial charge in [0.05, 0.1) is 37.1 Å². The molecule has 43 heavy (non-hydrogen) atoms. The Hall–Kier alpha value is -4.58. The molecule has 5 rings (SSSR count). The van der Waals surface area contributed by atoms with Crippen LogP contribution in [0.4, 0.5) is 5.13 Å². The number of hydrogen-bond acceptors (Lipinski definition) is 11. The fraction of sp³-hybridized carbons (Fsp3) is 0.355. The first-order valence-corrected chi connectivity index (χ1v) is 14.9. The maximum Gasteiger partial charge on any atom is 0.350 e. The smallest absolute Gasteiger partial charge is 0.350 e. The van der Waals surface area contributed by atoms with Crippen LogP contribution in [0.3, 0.4) is 0 Å². The summed E-state index contributed by atoms with van der Waals surface area (Å²) in [5.74, 6) is -0.952. The fourth-order valence-corrected chi connectivity index (χ4v) is 5.84. The molecule has 1 amide bonds. The molecule has 1 unspecified atom stereocenters. The number of aliphatic hydroxyl groups is 1. The number of Topliss-reactive ketones (excluding diaryl/α,β-unsaturated/α-hetero) is 1. The van der Waals surface area contributed by atoms with Crippen molar-refractivity contribution in [2.75, 3.05) is 37.9 Å². The van der Waals surface area contributed by atoms with Crippen molar-refractivity contribution in [1.82, 2.24) is 4.98 Å². The van der Waals surface area contributed by atoms with Gasteiger partial charge < -0.3 is 28.8 Å². The maximum atomic E-state index is 13.7. The van der Waals surface area contributed by atoms with Gasteiger partial charge in [-0.3, -0.25) is 14.5 Å². The molecular weight excluding hydrogens is 576 g/mol. The summed E-state index contributed by atoms with van der Waals surface area (Å²) in [6.07, 6.45) is 0.787. The second-order valence-corrected chi connectivity index (χ2v) is 10.6. The lowest BCUT2D eigenvalue weighted by molar-refractivity contribution is -0.132. The van der Waals surface area contributed by atoms with E-state index < -0.39 is 29.5 Å². The van der Waals surface area contributed by atoms with Crippen LogP contribution in [-0.4, -0.2) is 60.8 Å². The first kappa shape index (κ1) is 29.9. The van der Waals surface area contributed by atoms with E-state index in [2.05, 4.69) is 4.98 Å². The number of hydrogen-bond donors (Lipinski definition) is 1. The number of fused-ring (bicyclic) bond motifs is 1. The monoisotopic (exact) mass is 608 g/mol. The first-order valence-electron chi connectivity index (χ1n) is 14.0. The molecular formula is C31H32N2O9S. The minimum atomic E-state index is -1.10. The molecule has 226 valence electrons. The highest BCUT2D eigenvalue weighted by atomic mass is 32.1. The minimum absolute atomic E-state index is 0.109. The van der Waals surface area contributed by atoms with E-state index in [0.29, 0.717) is 60.7 Å². The number of ether oxygens (including phenoxy) is 5. The van der Waals surface area contributed by atoms with Crippen molar-refractivity contribution < 1.29 is 43.2 Å². The van der Waals surface area contributed by atoms with Crippen molar-refractivity contribution in [2.45, 2.75) is 40.2 Å². The van der Waals surface area contributed by atoms with E-state index in [4.69, 9.17) is 23.7 Å². The van der Waals surface area contributed by atoms with Crippen LogP contribution in [0.1, 0.15) is 59.7 Å². The van der Waals surface area contributed by atoms with E-state index >= 15 is 0 Å². The van der Waals surface area contributed by atoms with Crippen LogP contribution in [0.5, 0.6) is 23.0 Å². The Morgan fingerprint density at radius 3 is 2.51 bits per heavy atom. The van der Waals surface area contributed by atoms with Gasteiger partial charge in [0.2, 0.25) is 0 Å². The van der Waals surface area contributed by atoms with Crippen molar-refractivity contribution in [2.24, 2.45) is 0 Å². The highest BCUT2D eigenvalue weighted by Gasteiger charge is 2.48. The second-order valence-electron chi connectivity index (χ2n) is 9.65. The average Bonchev–Trinajstić information content (AvgIpc) is 3.52. The number of anilines is 1. The third kappa shape index (κ3) is 5.74. The van der Waals surface area contributed by atoms with Gasteiger partial charge in [-0.15, -0.1) is 0 Å². The number of carbonyl (C=O) groups excluding carboxylic acids is 3. The zero-order valence-corrected chi connectivity index (χ0v) is 25.1. The second kappa shape index (κ2) is 12.7. The van der Waals surface area contributed by atoms with Crippen LogP contribution < -0.4 is 23.8 Å². The Kier molecular flexibility index (Phi) is 8.86. The van der Waals surface area contributed by atoms with Gasteiger partial charge in [-0.05, 0) is 63.1 Å². The molecule has 0 radical (unpaired) electrons. The molecule has 2 aromatic carbocycles. The molecule has 2 aliphatic heterocycles. The standard InChI is InChI=1S/C31H32N2O9S/c1-5-12-40-20-10-8-18(15-22(20)38-6-2)25-24(26(34)19-9-11-21-23(16-19)42-14-13-41-21)27(35)29(36)33(25)31-32-17(4)28(43-31)30(37)39-7-3/h8-11,15-16,25,34H,5-7,12-14H2,1-4H3. The van der Waals surface area contributed by atoms with Crippen LogP contribution in [0.15, 0.2) is 42.0 Å². The van der Waals surface area contributed by atoms with Crippen molar-refractivity contribution >= 4 is 39.9 Å². The van der Waals surface area contributed by atoms with Crippen molar-refractivity contribution in [3.8, 4) is 23.0 Å². The van der Waals surface area contributed by atoms with Gasteiger partial charge in [0.1, 0.15) is 23.9 Å². The zero-order valence-electron chi connectivity index (χ0n) is 24.3. The Morgan fingerprint density at radius 1 is 1.02 bits per heavy atom. The molecule has 1 aromatic heterocycles. The summed E-state index contributed by atoms with van der Waals surface area (Å²) in [4.78, 5) is 45.8. The van der Waals surface area contributed by atoms with E-state index in [1.165, 1.54) is 4.90 Å². The predicted molar refractivity (Wildman–Crippen MR) is 158 cm³/mol. The fourth-order valence-electron chi connectivity index (χ4n) is 4.86. The molecule has 0 spiro atoms. The largest absolute Gasteiger partial charge is 0.507 e. The quantitative estimate of drug-likeness (QED) is 0.141. The molecule has 1 N–H and O–H groups in total. The lowest BCUT2D eigenvalue weighted by atomic mass is 9.95. The van der Waals surface area contributed by atoms with Gasteiger partial charge in [-0.2, -0.15) is 0 Å². The SMILES string of the molecule is CCCOc1ccc(C2C(=C(O)c3ccc4c(c3)OCCO4)C(=O)C(=O)N2c2nc(C)c(C(=O)OCC)s2)cc1OCC. The number of benzene rings is 2. The summed E-state index contributed by atoms with van der Waals surface area (Å²) in [5, 5.41) is 11.7. The molecule has 1 saturated heterocycles. The summed E-state index contributed by atoms with van der Waals surface area (Å²) in [7, 11) is 0. The number of esters is 1. The highest BCUT2D eigenvalue weighted by molar-refractivity contribution is 7.17. The summed E-state index contributed by atoms with van der Waals surface area (Å²) >= 11 is 0.936. The third-order valence-electron chi connectivity index (χ3n) is 6.76. The number of amides is 1. The van der Waals surface area contributed by atoms with Gasteiger partial charge in [0.25, 0.3) is 5.78 Å². The number of aliphatic hydroxyl groups excluding tert-OH is 1. The number of aryl methyl sites for hydroxylation is 1. The Morgan fingerprint density at radius 2 is 1.79 bits per heavy atom. The third-order valence-corrected chi connectivity index (χ3v) is 7.89. The van der Waals surface area contributed by atoms with E-state index in [9.17, 15) is 19.5 Å². The van der Waals surface area contributed by atoms with Crippen molar-refractivity contribution in [1.29, 1.82) is 0 Å². The molecule has 1 atom stereocenters. The number of rotatable bonds is 10. The predicted octanol–water partition coefficient (Wildman–Crippen LogP) is 5.21. The van der Waals surface area contributed by atoms with Crippen LogP contribution in [0, 0.1) is 6.92 Å². The summed E-state index contributed by atoms with van der Waals surface area (Å²) in [6, 6.07) is 8.78. The van der Waals surface area contributed by atoms with Gasteiger partial charge in [0.15, 0.2) is 28.1 Å². The minimum Gasteiger partial charge on any atom is -0.507 e. The van der Waals surface area contributed by atoms with Crippen LogP contribution in [0.2, 0.25) is 0 Å². The number of nitrogens with zero attached hydrogens (tertiary/aromatic N) is 2. The van der Waals surface area contributed by atoms with E-state index in [1.807, 2.05) is 13.8 Å². The highest BCUT2D eigenvalue weighted by Crippen LogP contribution is 2.46. The molecule has 0 bridgehead atoms. The molecule has 0 aliphatic carbocycles. The van der Waals surface area contributed by atoms with E-state index in [-0.39, 0.29) is 27.8 Å². The summed E-state index contributed by atoms with van der Waals surface area (Å²) in [6.45, 7) is 8.84. The van der Waals surface area contributed by atoms with E-state index in [0.717, 1.165) is 17.8 Å². The van der Waals surface area contributed by atoms with Crippen LogP contribution >= 0.6 is 11.3 Å². The molecule has 0 saturated carbocycles. The summed E-state index contributed by atoms with van der Waals surface area (Å²) < 4.78 is 28.1. The molecule has 1 fully saturated rings.